The van der Waals surface area contributed by atoms with Crippen molar-refractivity contribution in [2.24, 2.45) is 5.92 Å². The van der Waals surface area contributed by atoms with Crippen LogP contribution in [0, 0.1) is 5.92 Å². The summed E-state index contributed by atoms with van der Waals surface area (Å²) < 4.78 is 34.1. The van der Waals surface area contributed by atoms with Crippen molar-refractivity contribution in [3.63, 3.8) is 0 Å². The van der Waals surface area contributed by atoms with E-state index in [-0.39, 0.29) is 48.8 Å². The number of hydrogen-bond donors (Lipinski definition) is 4. The first-order chi connectivity index (χ1) is 23.5. The molecule has 0 aliphatic carbocycles. The maximum absolute atomic E-state index is 12.6. The van der Waals surface area contributed by atoms with Crippen molar-refractivity contribution in [2.45, 2.75) is 172 Å². The van der Waals surface area contributed by atoms with E-state index in [0.29, 0.717) is 57.8 Å². The van der Waals surface area contributed by atoms with Gasteiger partial charge in [0, 0.05) is 46.0 Å². The summed E-state index contributed by atoms with van der Waals surface area (Å²) in [6.07, 6.45) is 2.23. The lowest BCUT2D eigenvalue weighted by Crippen LogP contribution is -2.61. The zero-order chi connectivity index (χ0) is 36.5. The zero-order valence-corrected chi connectivity index (χ0v) is 30.8. The first-order valence-corrected chi connectivity index (χ1v) is 18.5. The van der Waals surface area contributed by atoms with Crippen LogP contribution in [0.4, 0.5) is 0 Å². The van der Waals surface area contributed by atoms with Crippen molar-refractivity contribution >= 4 is 11.6 Å². The lowest BCUT2D eigenvalue weighted by atomic mass is 9.86. The summed E-state index contributed by atoms with van der Waals surface area (Å²) in [5, 5.41) is 37.7. The number of methoxy groups -OCH3 is 1. The van der Waals surface area contributed by atoms with Gasteiger partial charge in [0.25, 0.3) is 0 Å². The Hall–Kier alpha value is -1.32. The highest BCUT2D eigenvalue weighted by Gasteiger charge is 2.57. The van der Waals surface area contributed by atoms with Crippen LogP contribution in [0.5, 0.6) is 0 Å². The van der Waals surface area contributed by atoms with Crippen molar-refractivity contribution < 1.29 is 58.4 Å². The molecule has 5 saturated heterocycles. The third-order valence-electron chi connectivity index (χ3n) is 9.64. The molecule has 12 atom stereocenters. The van der Waals surface area contributed by atoms with E-state index in [2.05, 4.69) is 13.5 Å². The van der Waals surface area contributed by atoms with Crippen LogP contribution in [0.2, 0.25) is 0 Å². The molecule has 5 aliphatic heterocycles. The lowest BCUT2D eigenvalue weighted by molar-refractivity contribution is -0.259. The van der Waals surface area contributed by atoms with Crippen molar-refractivity contribution in [3.05, 3.63) is 12.2 Å². The fourth-order valence-electron chi connectivity index (χ4n) is 6.74. The van der Waals surface area contributed by atoms with E-state index in [9.17, 15) is 19.8 Å². The molecule has 4 N–H and O–H groups in total. The Bertz CT molecular complexity index is 950. The first-order valence-electron chi connectivity index (χ1n) is 18.5. The Morgan fingerprint density at radius 3 is 2.18 bits per heavy atom. The van der Waals surface area contributed by atoms with Gasteiger partial charge in [-0.3, -0.25) is 9.59 Å². The van der Waals surface area contributed by atoms with Crippen LogP contribution in [0.3, 0.4) is 0 Å². The molecule has 5 heterocycles. The van der Waals surface area contributed by atoms with E-state index in [1.165, 1.54) is 25.3 Å². The van der Waals surface area contributed by atoms with Crippen molar-refractivity contribution in [3.8, 4) is 0 Å². The van der Waals surface area contributed by atoms with Crippen molar-refractivity contribution in [2.75, 3.05) is 33.5 Å². The minimum absolute atomic E-state index is 0.0153. The Labute approximate surface area is 293 Å². The van der Waals surface area contributed by atoms with Gasteiger partial charge in [0.1, 0.15) is 42.1 Å². The van der Waals surface area contributed by atoms with Crippen molar-refractivity contribution in [1.82, 2.24) is 0 Å². The standard InChI is InChI=1S/C24H38O9.C8H14O.C3H8O2.C2H6/c1-13-14(7-9-30-13)10-16(26)11-17-5-6-18-22(31-17)21(28)24-23(32-18)20(27)19(33-24)12-15(25)4-3-8-29-2;1-3-8-5-4-7(2)6-9-8;1-3(5)2-4;1-2/h13-14,17-24,27-28H,3-12H2,1-2H3;8H,2-6H2,1H3;3-5H,2H2,1H3;1-2H3/t13-,14?,17?,18?,19?,20?,21?,22-,23-,24?;8-;;/m00../s1. The third kappa shape index (κ3) is 14.3. The summed E-state index contributed by atoms with van der Waals surface area (Å²) >= 11 is 0. The molecule has 286 valence electrons. The van der Waals surface area contributed by atoms with Gasteiger partial charge in [-0.2, -0.15) is 0 Å². The predicted octanol–water partition coefficient (Wildman–Crippen LogP) is 3.47. The summed E-state index contributed by atoms with van der Waals surface area (Å²) in [6.45, 7) is 15.4. The highest BCUT2D eigenvalue weighted by atomic mass is 16.6. The van der Waals surface area contributed by atoms with E-state index in [4.69, 9.17) is 38.6 Å². The van der Waals surface area contributed by atoms with Gasteiger partial charge in [-0.05, 0) is 64.7 Å². The highest BCUT2D eigenvalue weighted by molar-refractivity contribution is 5.79. The number of aliphatic hydroxyl groups excluding tert-OH is 4. The molecule has 0 aromatic heterocycles. The fraction of sp³-hybridized carbons (Fsp3) is 0.892. The molecule has 5 fully saturated rings. The molecule has 5 rings (SSSR count). The zero-order valence-electron chi connectivity index (χ0n) is 30.8. The van der Waals surface area contributed by atoms with E-state index in [1.54, 1.807) is 7.11 Å². The maximum atomic E-state index is 12.6. The molecule has 0 radical (unpaired) electrons. The van der Waals surface area contributed by atoms with Crippen LogP contribution in [0.1, 0.15) is 105 Å². The minimum atomic E-state index is -0.988. The number of ketones is 2. The molecule has 12 nitrogen and oxygen atoms in total. The molecule has 12 heteroatoms. The monoisotopic (exact) mass is 702 g/mol. The topological polar surface area (TPSA) is 170 Å². The number of carbonyl (C=O) groups excluding carboxylic acids is 2. The smallest absolute Gasteiger partial charge is 0.135 e. The molecular formula is C37H66O12. The van der Waals surface area contributed by atoms with E-state index < -0.39 is 42.7 Å². The molecular weight excluding hydrogens is 636 g/mol. The summed E-state index contributed by atoms with van der Waals surface area (Å²) in [5.41, 5.74) is 1.25. The van der Waals surface area contributed by atoms with Crippen LogP contribution in [0.25, 0.3) is 0 Å². The fourth-order valence-corrected chi connectivity index (χ4v) is 6.74. The van der Waals surface area contributed by atoms with Gasteiger partial charge in [0.05, 0.1) is 49.8 Å². The van der Waals surface area contributed by atoms with E-state index in [0.717, 1.165) is 19.4 Å². The van der Waals surface area contributed by atoms with Crippen LogP contribution in [-0.2, 0) is 38.0 Å². The number of Topliss-reactive ketones (excluding diaryl/α,β-unsaturated/α-hetero) is 2. The predicted molar refractivity (Wildman–Crippen MR) is 184 cm³/mol. The van der Waals surface area contributed by atoms with E-state index in [1.807, 2.05) is 20.8 Å². The van der Waals surface area contributed by atoms with Gasteiger partial charge in [0.15, 0.2) is 0 Å². The normalized spacial score (nSPS) is 35.6. The minimum Gasteiger partial charge on any atom is -0.394 e. The Kier molecular flexibility index (Phi) is 20.8. The Morgan fingerprint density at radius 1 is 0.918 bits per heavy atom. The quantitative estimate of drug-likeness (QED) is 0.173. The van der Waals surface area contributed by atoms with Crippen LogP contribution in [-0.4, -0.2) is 133 Å². The van der Waals surface area contributed by atoms with Gasteiger partial charge >= 0.3 is 0 Å². The SMILES string of the molecule is C=C1CC[C@H](CC)OC1.CC.CC(O)CO.COCCCC(=O)CC1OC2C(O)[C@H]3OC(CC(=O)CC4CCO[C@H]4C)CCC3O[C@H]2C1O. The van der Waals surface area contributed by atoms with Gasteiger partial charge in [0.2, 0.25) is 0 Å². The van der Waals surface area contributed by atoms with Gasteiger partial charge in [-0.15, -0.1) is 0 Å². The highest BCUT2D eigenvalue weighted by Crippen LogP contribution is 2.40. The van der Waals surface area contributed by atoms with Crippen LogP contribution in [0.15, 0.2) is 12.2 Å². The van der Waals surface area contributed by atoms with Crippen LogP contribution >= 0.6 is 0 Å². The molecule has 0 bridgehead atoms. The molecule has 0 spiro atoms. The van der Waals surface area contributed by atoms with Gasteiger partial charge in [-0.1, -0.05) is 32.9 Å². The Balaban J connectivity index is 0.000000431. The number of hydrogen-bond acceptors (Lipinski definition) is 12. The first kappa shape index (κ1) is 43.8. The van der Waals surface area contributed by atoms with E-state index >= 15 is 0 Å². The second-order valence-corrected chi connectivity index (χ2v) is 13.6. The number of rotatable bonds is 12. The number of carbonyl (C=O) groups is 2. The summed E-state index contributed by atoms with van der Waals surface area (Å²) in [6, 6.07) is 0. The average Bonchev–Trinajstić information content (AvgIpc) is 3.64. The average molecular weight is 703 g/mol. The van der Waals surface area contributed by atoms with Crippen molar-refractivity contribution in [1.29, 1.82) is 0 Å². The Morgan fingerprint density at radius 2 is 1.61 bits per heavy atom. The van der Waals surface area contributed by atoms with Gasteiger partial charge < -0.3 is 48.8 Å². The summed E-state index contributed by atoms with van der Waals surface area (Å²) in [5.74, 6) is 0.406. The molecule has 49 heavy (non-hydrogen) atoms. The van der Waals surface area contributed by atoms with Crippen LogP contribution < -0.4 is 0 Å². The lowest BCUT2D eigenvalue weighted by Gasteiger charge is -2.46. The number of ether oxygens (including phenoxy) is 6. The number of aliphatic hydroxyl groups is 4. The molecule has 0 aromatic carbocycles. The molecule has 5 aliphatic rings. The summed E-state index contributed by atoms with van der Waals surface area (Å²) in [7, 11) is 1.59. The molecule has 0 saturated carbocycles. The van der Waals surface area contributed by atoms with Gasteiger partial charge in [-0.25, -0.2) is 0 Å². The summed E-state index contributed by atoms with van der Waals surface area (Å²) in [4.78, 5) is 24.8. The molecule has 0 amide bonds. The molecule has 8 unspecified atom stereocenters. The second kappa shape index (κ2) is 23.3. The third-order valence-corrected chi connectivity index (χ3v) is 9.64. The maximum Gasteiger partial charge on any atom is 0.135 e. The largest absolute Gasteiger partial charge is 0.394 e. The second-order valence-electron chi connectivity index (χ2n) is 13.6. The number of fused-ring (bicyclic) bond motifs is 2. The molecule has 0 aromatic rings.